The standard InChI is InChI=1S/C21H24O11/c1-11(23)27-10-17-18(28-12(2)24)19(29-13(3)25)20(30-14(4)26)21(32-17)31-16-7-5-15(9-22)6-8-16/h5-9,17-21H,10H2,1-4H3/t17-,18+,19+,20-,21-/m1/s1. The number of aldehydes is 1. The monoisotopic (exact) mass is 452 g/mol. The van der Waals surface area contributed by atoms with Crippen molar-refractivity contribution in [1.29, 1.82) is 0 Å². The quantitative estimate of drug-likeness (QED) is 0.316. The Kier molecular flexibility index (Phi) is 8.71. The zero-order valence-corrected chi connectivity index (χ0v) is 18.0. The van der Waals surface area contributed by atoms with Gasteiger partial charge in [0, 0.05) is 33.3 Å². The molecule has 0 spiro atoms. The lowest BCUT2D eigenvalue weighted by Gasteiger charge is -2.43. The van der Waals surface area contributed by atoms with Crippen LogP contribution in [0.4, 0.5) is 0 Å². The normalized spacial score (nSPS) is 24.6. The van der Waals surface area contributed by atoms with E-state index in [0.29, 0.717) is 11.8 Å². The van der Waals surface area contributed by atoms with Crippen LogP contribution in [0, 0.1) is 0 Å². The van der Waals surface area contributed by atoms with Crippen molar-refractivity contribution in [3.63, 3.8) is 0 Å². The third-order valence-electron chi connectivity index (χ3n) is 4.22. The fourth-order valence-electron chi connectivity index (χ4n) is 3.04. The Bertz CT molecular complexity index is 848. The summed E-state index contributed by atoms with van der Waals surface area (Å²) in [4.78, 5) is 57.4. The van der Waals surface area contributed by atoms with Crippen LogP contribution >= 0.6 is 0 Å². The molecule has 174 valence electrons. The van der Waals surface area contributed by atoms with Gasteiger partial charge >= 0.3 is 23.9 Å². The minimum atomic E-state index is -1.34. The molecule has 0 N–H and O–H groups in total. The van der Waals surface area contributed by atoms with Crippen LogP contribution in [0.5, 0.6) is 5.75 Å². The van der Waals surface area contributed by atoms with E-state index in [0.717, 1.165) is 20.8 Å². The van der Waals surface area contributed by atoms with Crippen LogP contribution < -0.4 is 4.74 Å². The van der Waals surface area contributed by atoms with E-state index < -0.39 is 54.6 Å². The van der Waals surface area contributed by atoms with Gasteiger partial charge in [-0.15, -0.1) is 0 Å². The highest BCUT2D eigenvalue weighted by Crippen LogP contribution is 2.31. The molecule has 0 aromatic heterocycles. The highest BCUT2D eigenvalue weighted by molar-refractivity contribution is 5.74. The summed E-state index contributed by atoms with van der Waals surface area (Å²) in [7, 11) is 0. The largest absolute Gasteiger partial charge is 0.463 e. The first-order valence-corrected chi connectivity index (χ1v) is 9.63. The number of ether oxygens (including phenoxy) is 6. The predicted octanol–water partition coefficient (Wildman–Crippen LogP) is 0.961. The second kappa shape index (κ2) is 11.2. The Morgan fingerprint density at radius 3 is 1.84 bits per heavy atom. The second-order valence-corrected chi connectivity index (χ2v) is 6.87. The van der Waals surface area contributed by atoms with E-state index in [1.807, 2.05) is 0 Å². The fourth-order valence-corrected chi connectivity index (χ4v) is 3.04. The van der Waals surface area contributed by atoms with Gasteiger partial charge in [0.2, 0.25) is 12.4 Å². The molecule has 0 bridgehead atoms. The van der Waals surface area contributed by atoms with Crippen LogP contribution in [0.3, 0.4) is 0 Å². The maximum Gasteiger partial charge on any atom is 0.303 e. The van der Waals surface area contributed by atoms with Crippen LogP contribution in [0.15, 0.2) is 24.3 Å². The first-order chi connectivity index (χ1) is 15.1. The van der Waals surface area contributed by atoms with Gasteiger partial charge in [-0.05, 0) is 24.3 Å². The molecule has 2 rings (SSSR count). The third kappa shape index (κ3) is 7.05. The molecule has 11 nitrogen and oxygen atoms in total. The summed E-state index contributed by atoms with van der Waals surface area (Å²) in [5, 5.41) is 0. The Hall–Kier alpha value is -3.47. The molecule has 0 amide bonds. The van der Waals surface area contributed by atoms with E-state index in [2.05, 4.69) is 0 Å². The van der Waals surface area contributed by atoms with Gasteiger partial charge in [-0.25, -0.2) is 0 Å². The van der Waals surface area contributed by atoms with Crippen LogP contribution in [0.2, 0.25) is 0 Å². The van der Waals surface area contributed by atoms with Crippen LogP contribution in [0.25, 0.3) is 0 Å². The summed E-state index contributed by atoms with van der Waals surface area (Å²) in [6.07, 6.45) is -5.72. The van der Waals surface area contributed by atoms with Gasteiger partial charge in [-0.3, -0.25) is 24.0 Å². The van der Waals surface area contributed by atoms with Crippen LogP contribution in [-0.4, -0.2) is 67.5 Å². The number of carbonyl (C=O) groups is 5. The number of rotatable bonds is 8. The molecule has 0 unspecified atom stereocenters. The smallest absolute Gasteiger partial charge is 0.303 e. The molecule has 11 heteroatoms. The van der Waals surface area contributed by atoms with Gasteiger partial charge in [-0.1, -0.05) is 0 Å². The zero-order chi connectivity index (χ0) is 23.8. The highest BCUT2D eigenvalue weighted by atomic mass is 16.7. The summed E-state index contributed by atoms with van der Waals surface area (Å²) >= 11 is 0. The number of benzene rings is 1. The predicted molar refractivity (Wildman–Crippen MR) is 104 cm³/mol. The van der Waals surface area contributed by atoms with Crippen molar-refractivity contribution in [1.82, 2.24) is 0 Å². The van der Waals surface area contributed by atoms with E-state index >= 15 is 0 Å². The lowest BCUT2D eigenvalue weighted by Crippen LogP contribution is -2.63. The summed E-state index contributed by atoms with van der Waals surface area (Å²) in [6.45, 7) is 4.21. The second-order valence-electron chi connectivity index (χ2n) is 6.87. The van der Waals surface area contributed by atoms with E-state index in [4.69, 9.17) is 28.4 Å². The van der Waals surface area contributed by atoms with Gasteiger partial charge in [0.1, 0.15) is 24.7 Å². The molecule has 0 radical (unpaired) electrons. The van der Waals surface area contributed by atoms with Gasteiger partial charge in [0.15, 0.2) is 12.2 Å². The van der Waals surface area contributed by atoms with Crippen molar-refractivity contribution in [3.8, 4) is 5.75 Å². The van der Waals surface area contributed by atoms with E-state index in [1.165, 1.54) is 31.2 Å². The maximum absolute atomic E-state index is 11.8. The molecular formula is C21H24O11. The zero-order valence-electron chi connectivity index (χ0n) is 18.0. The molecule has 1 aromatic carbocycles. The number of hydrogen-bond acceptors (Lipinski definition) is 11. The number of hydrogen-bond donors (Lipinski definition) is 0. The van der Waals surface area contributed by atoms with Gasteiger partial charge in [0.25, 0.3) is 0 Å². The van der Waals surface area contributed by atoms with Gasteiger partial charge in [-0.2, -0.15) is 0 Å². The Balaban J connectivity index is 2.43. The molecule has 0 saturated carbocycles. The average molecular weight is 452 g/mol. The Labute approximate surface area is 183 Å². The molecular weight excluding hydrogens is 428 g/mol. The van der Waals surface area contributed by atoms with Crippen LogP contribution in [0.1, 0.15) is 38.1 Å². The Morgan fingerprint density at radius 2 is 1.34 bits per heavy atom. The third-order valence-corrected chi connectivity index (χ3v) is 4.22. The summed E-state index contributed by atoms with van der Waals surface area (Å²) in [5.74, 6) is -2.58. The molecule has 1 saturated heterocycles. The van der Waals surface area contributed by atoms with E-state index in [9.17, 15) is 24.0 Å². The summed E-state index contributed by atoms with van der Waals surface area (Å²) < 4.78 is 32.5. The number of esters is 4. The van der Waals surface area contributed by atoms with Crippen molar-refractivity contribution in [2.75, 3.05) is 6.61 Å². The molecule has 1 aromatic rings. The maximum atomic E-state index is 11.8. The minimum Gasteiger partial charge on any atom is -0.463 e. The minimum absolute atomic E-state index is 0.247. The van der Waals surface area contributed by atoms with E-state index in [1.54, 1.807) is 0 Å². The van der Waals surface area contributed by atoms with E-state index in [-0.39, 0.29) is 12.4 Å². The molecule has 0 aliphatic carbocycles. The van der Waals surface area contributed by atoms with Crippen molar-refractivity contribution in [2.24, 2.45) is 0 Å². The van der Waals surface area contributed by atoms with Crippen molar-refractivity contribution in [3.05, 3.63) is 29.8 Å². The first-order valence-electron chi connectivity index (χ1n) is 9.63. The molecule has 5 atom stereocenters. The topological polar surface area (TPSA) is 141 Å². The SMILES string of the molecule is CC(=O)OC[C@H]1O[C@@H](Oc2ccc(C=O)cc2)[C@H](OC(C)=O)[C@@H](OC(C)=O)[C@H]1OC(C)=O. The van der Waals surface area contributed by atoms with Gasteiger partial charge < -0.3 is 28.4 Å². The molecule has 1 heterocycles. The number of carbonyl (C=O) groups excluding carboxylic acids is 5. The Morgan fingerprint density at radius 1 is 0.812 bits per heavy atom. The van der Waals surface area contributed by atoms with Crippen LogP contribution in [-0.2, 0) is 42.9 Å². The lowest BCUT2D eigenvalue weighted by atomic mass is 9.98. The van der Waals surface area contributed by atoms with Gasteiger partial charge in [0.05, 0.1) is 0 Å². The molecule has 1 fully saturated rings. The fraction of sp³-hybridized carbons (Fsp3) is 0.476. The van der Waals surface area contributed by atoms with Crippen molar-refractivity contribution < 1.29 is 52.4 Å². The lowest BCUT2D eigenvalue weighted by molar-refractivity contribution is -0.288. The summed E-state index contributed by atoms with van der Waals surface area (Å²) in [6, 6.07) is 5.96. The molecule has 1 aliphatic rings. The first kappa shape index (κ1) is 24.8. The highest BCUT2D eigenvalue weighted by Gasteiger charge is 2.53. The molecule has 32 heavy (non-hydrogen) atoms. The molecule has 1 aliphatic heterocycles. The average Bonchev–Trinajstić information content (AvgIpc) is 2.70. The van der Waals surface area contributed by atoms with Crippen molar-refractivity contribution >= 4 is 30.2 Å². The van der Waals surface area contributed by atoms with Crippen molar-refractivity contribution in [2.45, 2.75) is 58.4 Å². The summed E-state index contributed by atoms with van der Waals surface area (Å²) in [5.41, 5.74) is 0.402.